The highest BCUT2D eigenvalue weighted by molar-refractivity contribution is 7.12. The monoisotopic (exact) mass is 318 g/mol. The molecule has 0 aliphatic heterocycles. The molecule has 2 aromatic rings. The predicted octanol–water partition coefficient (Wildman–Crippen LogP) is 2.59. The number of hydrogen-bond donors (Lipinski definition) is 0. The van der Waals surface area contributed by atoms with Crippen LogP contribution in [0.4, 0.5) is 0 Å². The van der Waals surface area contributed by atoms with Crippen molar-refractivity contribution in [1.29, 1.82) is 0 Å². The first kappa shape index (κ1) is 16.2. The van der Waals surface area contributed by atoms with Crippen LogP contribution in [0.5, 0.6) is 0 Å². The third kappa shape index (κ3) is 4.14. The van der Waals surface area contributed by atoms with Gasteiger partial charge in [0.05, 0.1) is 17.9 Å². The fourth-order valence-electron chi connectivity index (χ4n) is 2.09. The summed E-state index contributed by atoms with van der Waals surface area (Å²) in [4.78, 5) is 30.6. The molecule has 116 valence electrons. The molecule has 0 saturated heterocycles. The highest BCUT2D eigenvalue weighted by Gasteiger charge is 2.23. The molecule has 0 N–H and O–H groups in total. The average Bonchev–Trinajstić information content (AvgIpc) is 3.08. The van der Waals surface area contributed by atoms with Crippen molar-refractivity contribution in [1.82, 2.24) is 9.88 Å². The van der Waals surface area contributed by atoms with Crippen LogP contribution >= 0.6 is 11.3 Å². The third-order valence-corrected chi connectivity index (χ3v) is 4.07. The molecule has 0 radical (unpaired) electrons. The second kappa shape index (κ2) is 7.70. The smallest absolute Gasteiger partial charge is 0.310 e. The van der Waals surface area contributed by atoms with Gasteiger partial charge in [-0.3, -0.25) is 14.6 Å². The minimum absolute atomic E-state index is 0.0883. The Morgan fingerprint density at radius 3 is 2.77 bits per heavy atom. The summed E-state index contributed by atoms with van der Waals surface area (Å²) in [6, 6.07) is 7.35. The van der Waals surface area contributed by atoms with Crippen molar-refractivity contribution in [3.63, 3.8) is 0 Å². The summed E-state index contributed by atoms with van der Waals surface area (Å²) in [6.45, 7) is 2.47. The molecule has 1 unspecified atom stereocenters. The Balaban J connectivity index is 2.16. The highest BCUT2D eigenvalue weighted by atomic mass is 32.1. The summed E-state index contributed by atoms with van der Waals surface area (Å²) in [5, 5.41) is 1.86. The zero-order valence-corrected chi connectivity index (χ0v) is 13.4. The summed E-state index contributed by atoms with van der Waals surface area (Å²) in [6.07, 6.45) is 3.41. The van der Waals surface area contributed by atoms with Gasteiger partial charge in [0.1, 0.15) is 0 Å². The Labute approximate surface area is 133 Å². The van der Waals surface area contributed by atoms with Crippen LogP contribution in [-0.2, 0) is 16.1 Å². The number of ether oxygens (including phenoxy) is 1. The number of methoxy groups -OCH3 is 1. The number of carbonyl (C=O) groups excluding carboxylic acids is 2. The molecule has 1 atom stereocenters. The van der Waals surface area contributed by atoms with Gasteiger partial charge >= 0.3 is 5.97 Å². The first-order valence-electron chi connectivity index (χ1n) is 6.91. The lowest BCUT2D eigenvalue weighted by Crippen LogP contribution is -2.36. The molecule has 0 fully saturated rings. The van der Waals surface area contributed by atoms with E-state index in [2.05, 4.69) is 4.98 Å². The number of amides is 1. The second-order valence-corrected chi connectivity index (χ2v) is 5.90. The molecule has 0 bridgehead atoms. The Kier molecular flexibility index (Phi) is 5.66. The molecule has 2 rings (SSSR count). The van der Waals surface area contributed by atoms with Crippen molar-refractivity contribution in [3.05, 3.63) is 52.5 Å². The van der Waals surface area contributed by atoms with Crippen LogP contribution in [-0.4, -0.2) is 35.4 Å². The van der Waals surface area contributed by atoms with Gasteiger partial charge in [0, 0.05) is 25.5 Å². The van der Waals surface area contributed by atoms with Crippen molar-refractivity contribution >= 4 is 23.2 Å². The summed E-state index contributed by atoms with van der Waals surface area (Å²) in [5.41, 5.74) is 0.921. The molecule has 6 heteroatoms. The molecular formula is C16H18N2O3S. The average molecular weight is 318 g/mol. The third-order valence-electron chi connectivity index (χ3n) is 3.21. The fraction of sp³-hybridized carbons (Fsp3) is 0.312. The SMILES string of the molecule is COC(=O)C(C)CN(Cc1cccnc1)C(=O)c1cccs1. The molecule has 0 saturated carbocycles. The number of aromatic nitrogens is 1. The summed E-state index contributed by atoms with van der Waals surface area (Å²) in [5.74, 6) is -0.796. The largest absolute Gasteiger partial charge is 0.469 e. The van der Waals surface area contributed by atoms with Gasteiger partial charge in [0.2, 0.25) is 0 Å². The van der Waals surface area contributed by atoms with Crippen molar-refractivity contribution in [2.75, 3.05) is 13.7 Å². The van der Waals surface area contributed by atoms with E-state index >= 15 is 0 Å². The van der Waals surface area contributed by atoms with Crippen LogP contribution < -0.4 is 0 Å². The molecule has 0 aliphatic carbocycles. The van der Waals surface area contributed by atoms with Crippen molar-refractivity contribution in [2.45, 2.75) is 13.5 Å². The Hall–Kier alpha value is -2.21. The molecule has 2 aromatic heterocycles. The molecule has 22 heavy (non-hydrogen) atoms. The molecular weight excluding hydrogens is 300 g/mol. The molecule has 1 amide bonds. The van der Waals surface area contributed by atoms with E-state index in [0.29, 0.717) is 18.0 Å². The first-order valence-corrected chi connectivity index (χ1v) is 7.79. The number of carbonyl (C=O) groups is 2. The van der Waals surface area contributed by atoms with Gasteiger partial charge in [-0.1, -0.05) is 19.1 Å². The topological polar surface area (TPSA) is 59.5 Å². The van der Waals surface area contributed by atoms with Crippen LogP contribution in [0.2, 0.25) is 0 Å². The summed E-state index contributed by atoms with van der Waals surface area (Å²) < 4.78 is 4.75. The van der Waals surface area contributed by atoms with E-state index in [1.54, 1.807) is 30.3 Å². The lowest BCUT2D eigenvalue weighted by molar-refractivity contribution is -0.145. The summed E-state index contributed by atoms with van der Waals surface area (Å²) >= 11 is 1.39. The van der Waals surface area contributed by atoms with E-state index in [1.165, 1.54) is 18.4 Å². The van der Waals surface area contributed by atoms with E-state index in [0.717, 1.165) is 5.56 Å². The van der Waals surface area contributed by atoms with Gasteiger partial charge in [-0.15, -0.1) is 11.3 Å². The van der Waals surface area contributed by atoms with E-state index in [4.69, 9.17) is 4.74 Å². The maximum atomic E-state index is 12.6. The van der Waals surface area contributed by atoms with Gasteiger partial charge < -0.3 is 9.64 Å². The van der Waals surface area contributed by atoms with Gasteiger partial charge in [-0.25, -0.2) is 0 Å². The van der Waals surface area contributed by atoms with Crippen molar-refractivity contribution in [3.8, 4) is 0 Å². The number of thiophene rings is 1. The van der Waals surface area contributed by atoms with Crippen molar-refractivity contribution in [2.24, 2.45) is 5.92 Å². The van der Waals surface area contributed by atoms with E-state index in [9.17, 15) is 9.59 Å². The van der Waals surface area contributed by atoms with E-state index < -0.39 is 0 Å². The maximum Gasteiger partial charge on any atom is 0.310 e. The first-order chi connectivity index (χ1) is 10.6. The number of pyridine rings is 1. The Bertz CT molecular complexity index is 614. The van der Waals surface area contributed by atoms with Crippen LogP contribution in [0.25, 0.3) is 0 Å². The summed E-state index contributed by atoms with van der Waals surface area (Å²) in [7, 11) is 1.35. The van der Waals surface area contributed by atoms with Crippen LogP contribution in [0.1, 0.15) is 22.2 Å². The Morgan fingerprint density at radius 1 is 1.36 bits per heavy atom. The Morgan fingerprint density at radius 2 is 2.18 bits per heavy atom. The second-order valence-electron chi connectivity index (χ2n) is 4.95. The molecule has 5 nitrogen and oxygen atoms in total. The zero-order chi connectivity index (χ0) is 15.9. The van der Waals surface area contributed by atoms with Crippen LogP contribution in [0.3, 0.4) is 0 Å². The normalized spacial score (nSPS) is 11.7. The predicted molar refractivity (Wildman–Crippen MR) is 84.5 cm³/mol. The van der Waals surface area contributed by atoms with Gasteiger partial charge in [0.15, 0.2) is 0 Å². The van der Waals surface area contributed by atoms with Crippen LogP contribution in [0.15, 0.2) is 42.0 Å². The number of nitrogens with zero attached hydrogens (tertiary/aromatic N) is 2. The molecule has 2 heterocycles. The number of rotatable bonds is 6. The van der Waals surface area contributed by atoms with E-state index in [1.807, 2.05) is 23.6 Å². The minimum Gasteiger partial charge on any atom is -0.469 e. The van der Waals surface area contributed by atoms with Gasteiger partial charge in [0.25, 0.3) is 5.91 Å². The van der Waals surface area contributed by atoms with Gasteiger partial charge in [-0.05, 0) is 23.1 Å². The number of hydrogen-bond acceptors (Lipinski definition) is 5. The quantitative estimate of drug-likeness (QED) is 0.768. The molecule has 0 aromatic carbocycles. The van der Waals surface area contributed by atoms with Crippen LogP contribution in [0, 0.1) is 5.92 Å². The highest BCUT2D eigenvalue weighted by Crippen LogP contribution is 2.16. The maximum absolute atomic E-state index is 12.6. The standard InChI is InChI=1S/C16H18N2O3S/c1-12(16(20)21-2)10-18(11-13-5-3-7-17-9-13)15(19)14-6-4-8-22-14/h3-9,12H,10-11H2,1-2H3. The molecule has 0 aliphatic rings. The fourth-order valence-corrected chi connectivity index (χ4v) is 2.78. The lowest BCUT2D eigenvalue weighted by Gasteiger charge is -2.24. The van der Waals surface area contributed by atoms with Gasteiger partial charge in [-0.2, -0.15) is 0 Å². The zero-order valence-electron chi connectivity index (χ0n) is 12.6. The van der Waals surface area contributed by atoms with Crippen molar-refractivity contribution < 1.29 is 14.3 Å². The number of esters is 1. The molecule has 0 spiro atoms. The minimum atomic E-state index is -0.384. The lowest BCUT2D eigenvalue weighted by atomic mass is 10.1. The van der Waals surface area contributed by atoms with E-state index in [-0.39, 0.29) is 17.8 Å².